The van der Waals surface area contributed by atoms with Gasteiger partial charge < -0.3 is 5.11 Å². The van der Waals surface area contributed by atoms with E-state index in [0.717, 1.165) is 0 Å². The van der Waals surface area contributed by atoms with Crippen molar-refractivity contribution in [2.75, 3.05) is 0 Å². The fraction of sp³-hybridized carbons (Fsp3) is 0.250. The molecular weight excluding hydrogens is 400 g/mol. The number of aliphatic hydroxyl groups is 1. The Morgan fingerprint density at radius 3 is 1.70 bits per heavy atom. The smallest absolute Gasteiger partial charge is 0.331 e. The second kappa shape index (κ2) is 12.3. The predicted octanol–water partition coefficient (Wildman–Crippen LogP) is 1.48. The number of allylic oxidation sites excluding steroid dienone is 1. The monoisotopic (exact) mass is 422 g/mol. The molecule has 27 heavy (non-hydrogen) atoms. The standard InChI is InChI=1S/C8H8.C4H6O9S2.C4H8/c1-2-8-6-4-3-5-7-8;5-2(4(7)15(11,12)13)1-3(6)14(8,9)10;1-4(2)3/h2-7H,1H2;2,5H,1H2,(H,8,9,10)(H,11,12,13);1H2,2-3H3. The molecule has 0 saturated heterocycles. The van der Waals surface area contributed by atoms with Crippen molar-refractivity contribution in [3.8, 4) is 0 Å². The van der Waals surface area contributed by atoms with Gasteiger partial charge in [-0.15, -0.1) is 6.58 Å². The molecule has 0 radical (unpaired) electrons. The van der Waals surface area contributed by atoms with Crippen molar-refractivity contribution in [3.05, 3.63) is 54.6 Å². The van der Waals surface area contributed by atoms with Gasteiger partial charge in [-0.1, -0.05) is 48.6 Å². The highest BCUT2D eigenvalue weighted by molar-refractivity contribution is 8.01. The lowest BCUT2D eigenvalue weighted by molar-refractivity contribution is -0.124. The van der Waals surface area contributed by atoms with Crippen molar-refractivity contribution in [3.63, 3.8) is 0 Å². The molecular formula is C16H22O9S2. The average molecular weight is 422 g/mol. The molecule has 0 bridgehead atoms. The molecule has 1 rings (SSSR count). The van der Waals surface area contributed by atoms with Crippen LogP contribution in [-0.4, -0.2) is 47.4 Å². The highest BCUT2D eigenvalue weighted by Crippen LogP contribution is 2.03. The van der Waals surface area contributed by atoms with E-state index in [1.165, 1.54) is 11.1 Å². The molecule has 0 amide bonds. The molecule has 0 spiro atoms. The van der Waals surface area contributed by atoms with Gasteiger partial charge in [-0.05, 0) is 19.4 Å². The molecule has 152 valence electrons. The Labute approximate surface area is 158 Å². The maximum absolute atomic E-state index is 10.5. The first-order valence-electron chi connectivity index (χ1n) is 7.12. The molecule has 0 aliphatic rings. The largest absolute Gasteiger partial charge is 0.384 e. The lowest BCUT2D eigenvalue weighted by Gasteiger charge is -2.04. The zero-order chi connectivity index (χ0) is 21.8. The summed E-state index contributed by atoms with van der Waals surface area (Å²) >= 11 is 0. The van der Waals surface area contributed by atoms with Crippen LogP contribution in [0.25, 0.3) is 6.08 Å². The number of carbonyl (C=O) groups excluding carboxylic acids is 2. The molecule has 0 aliphatic carbocycles. The van der Waals surface area contributed by atoms with Gasteiger partial charge in [0.1, 0.15) is 6.10 Å². The second-order valence-electron chi connectivity index (χ2n) is 5.18. The molecule has 0 fully saturated rings. The second-order valence-corrected chi connectivity index (χ2v) is 7.94. The minimum Gasteiger partial charge on any atom is -0.384 e. The molecule has 1 aromatic rings. The Morgan fingerprint density at radius 2 is 1.44 bits per heavy atom. The van der Waals surface area contributed by atoms with Crippen molar-refractivity contribution in [2.24, 2.45) is 0 Å². The van der Waals surface area contributed by atoms with E-state index in [-0.39, 0.29) is 0 Å². The van der Waals surface area contributed by atoms with Crippen molar-refractivity contribution >= 4 is 36.5 Å². The number of benzene rings is 1. The average Bonchev–Trinajstić information content (AvgIpc) is 2.53. The SMILES string of the molecule is C=C(C)C.C=Cc1ccccc1.O=C(CC(O)C(=O)S(=O)(=O)O)S(=O)(=O)O. The lowest BCUT2D eigenvalue weighted by atomic mass is 10.2. The summed E-state index contributed by atoms with van der Waals surface area (Å²) in [5, 5.41) is 4.64. The maximum atomic E-state index is 10.5. The zero-order valence-electron chi connectivity index (χ0n) is 14.8. The van der Waals surface area contributed by atoms with Crippen LogP contribution in [-0.2, 0) is 29.8 Å². The first-order chi connectivity index (χ1) is 12.1. The highest BCUT2D eigenvalue weighted by atomic mass is 32.2. The molecule has 9 nitrogen and oxygen atoms in total. The van der Waals surface area contributed by atoms with Crippen LogP contribution >= 0.6 is 0 Å². The molecule has 3 N–H and O–H groups in total. The van der Waals surface area contributed by atoms with Crippen molar-refractivity contribution in [2.45, 2.75) is 26.4 Å². The summed E-state index contributed by atoms with van der Waals surface area (Å²) in [5.41, 5.74) is 2.34. The molecule has 0 heterocycles. The minimum absolute atomic E-state index is 1.17. The van der Waals surface area contributed by atoms with Gasteiger partial charge in [0.15, 0.2) is 0 Å². The fourth-order valence-corrected chi connectivity index (χ4v) is 1.90. The number of rotatable bonds is 4. The first kappa shape index (κ1) is 27.0. The molecule has 1 unspecified atom stereocenters. The van der Waals surface area contributed by atoms with Crippen LogP contribution in [0.15, 0.2) is 49.1 Å². The molecule has 11 heteroatoms. The minimum atomic E-state index is -5.21. The van der Waals surface area contributed by atoms with E-state index in [4.69, 9.17) is 14.2 Å². The normalized spacial score (nSPS) is 11.6. The van der Waals surface area contributed by atoms with E-state index in [0.29, 0.717) is 0 Å². The van der Waals surface area contributed by atoms with E-state index in [9.17, 15) is 26.4 Å². The fourth-order valence-electron chi connectivity index (χ4n) is 1.11. The topological polar surface area (TPSA) is 163 Å². The van der Waals surface area contributed by atoms with Gasteiger partial charge in [-0.25, -0.2) is 0 Å². The van der Waals surface area contributed by atoms with Crippen LogP contribution in [0.5, 0.6) is 0 Å². The van der Waals surface area contributed by atoms with E-state index >= 15 is 0 Å². The molecule has 0 saturated carbocycles. The lowest BCUT2D eigenvalue weighted by Crippen LogP contribution is -2.32. The highest BCUT2D eigenvalue weighted by Gasteiger charge is 2.32. The van der Waals surface area contributed by atoms with Crippen LogP contribution in [0.4, 0.5) is 0 Å². The van der Waals surface area contributed by atoms with E-state index in [1.807, 2.05) is 50.3 Å². The number of hydrogen-bond donors (Lipinski definition) is 3. The van der Waals surface area contributed by atoms with Gasteiger partial charge in [-0.2, -0.15) is 16.8 Å². The van der Waals surface area contributed by atoms with E-state index in [2.05, 4.69) is 13.2 Å². The Bertz CT molecular complexity index is 850. The summed E-state index contributed by atoms with van der Waals surface area (Å²) in [7, 11) is -10.3. The Kier molecular flexibility index (Phi) is 12.3. The van der Waals surface area contributed by atoms with Crippen LogP contribution in [0, 0.1) is 0 Å². The summed E-state index contributed by atoms with van der Waals surface area (Å²) in [4.78, 5) is 21.0. The summed E-state index contributed by atoms with van der Waals surface area (Å²) in [6.07, 6.45) is -2.17. The van der Waals surface area contributed by atoms with E-state index < -0.39 is 43.0 Å². The van der Waals surface area contributed by atoms with Crippen LogP contribution in [0.2, 0.25) is 0 Å². The third-order valence-electron chi connectivity index (χ3n) is 2.21. The van der Waals surface area contributed by atoms with Gasteiger partial charge in [-0.3, -0.25) is 18.7 Å². The van der Waals surface area contributed by atoms with Crippen LogP contribution in [0.3, 0.4) is 0 Å². The zero-order valence-corrected chi connectivity index (χ0v) is 16.4. The first-order valence-corrected chi connectivity index (χ1v) is 10.00. The maximum Gasteiger partial charge on any atom is 0.331 e. The van der Waals surface area contributed by atoms with Gasteiger partial charge in [0.25, 0.3) is 5.12 Å². The van der Waals surface area contributed by atoms with Gasteiger partial charge in [0.05, 0.1) is 6.42 Å². The van der Waals surface area contributed by atoms with Crippen molar-refractivity contribution < 1.29 is 40.6 Å². The number of aliphatic hydroxyl groups excluding tert-OH is 1. The molecule has 1 aromatic carbocycles. The third-order valence-corrected chi connectivity index (χ3v) is 3.73. The molecule has 0 aromatic heterocycles. The summed E-state index contributed by atoms with van der Waals surface area (Å²) in [6, 6.07) is 10.0. The van der Waals surface area contributed by atoms with Crippen molar-refractivity contribution in [1.29, 1.82) is 0 Å². The number of hydrogen-bond acceptors (Lipinski definition) is 7. The Hall–Kier alpha value is -2.18. The van der Waals surface area contributed by atoms with Gasteiger partial charge in [0, 0.05) is 0 Å². The summed E-state index contributed by atoms with van der Waals surface area (Å²) in [5.74, 6) is 0. The quantitative estimate of drug-likeness (QED) is 0.481. The molecule has 1 atom stereocenters. The molecule has 0 aliphatic heterocycles. The van der Waals surface area contributed by atoms with E-state index in [1.54, 1.807) is 0 Å². The van der Waals surface area contributed by atoms with Crippen LogP contribution in [0.1, 0.15) is 25.8 Å². The van der Waals surface area contributed by atoms with Crippen molar-refractivity contribution in [1.82, 2.24) is 0 Å². The predicted molar refractivity (Wildman–Crippen MR) is 101 cm³/mol. The van der Waals surface area contributed by atoms with Gasteiger partial charge >= 0.3 is 25.4 Å². The Balaban J connectivity index is 0. The number of carbonyl (C=O) groups is 2. The van der Waals surface area contributed by atoms with Gasteiger partial charge in [0.2, 0.25) is 0 Å². The summed E-state index contributed by atoms with van der Waals surface area (Å²) in [6.45, 7) is 11.1. The Morgan fingerprint density at radius 1 is 1.04 bits per heavy atom. The summed E-state index contributed by atoms with van der Waals surface area (Å²) < 4.78 is 56.7. The van der Waals surface area contributed by atoms with Crippen LogP contribution < -0.4 is 0 Å². The third kappa shape index (κ3) is 14.7.